The minimum absolute atomic E-state index is 0.178. The summed E-state index contributed by atoms with van der Waals surface area (Å²) in [6.45, 7) is 0. The fourth-order valence-corrected chi connectivity index (χ4v) is 3.20. The normalized spacial score (nSPS) is 18.1. The van der Waals surface area contributed by atoms with Gasteiger partial charge in [0.15, 0.2) is 0 Å². The Labute approximate surface area is 146 Å². The molecule has 1 atom stereocenters. The molecule has 0 amide bonds. The van der Waals surface area contributed by atoms with Crippen molar-refractivity contribution in [3.05, 3.63) is 59.9 Å². The summed E-state index contributed by atoms with van der Waals surface area (Å²) in [6, 6.07) is 9.32. The van der Waals surface area contributed by atoms with E-state index in [1.165, 1.54) is 42.5 Å². The highest BCUT2D eigenvalue weighted by molar-refractivity contribution is 7.89. The van der Waals surface area contributed by atoms with E-state index in [4.69, 9.17) is 5.14 Å². The number of hydrogen-bond donors (Lipinski definition) is 1. The third kappa shape index (κ3) is 3.70. The molecule has 0 spiro atoms. The Bertz CT molecular complexity index is 956. The molecular formula is C16H13F4N3O2S. The van der Waals surface area contributed by atoms with Crippen LogP contribution in [0.25, 0.3) is 0 Å². The van der Waals surface area contributed by atoms with Crippen LogP contribution in [0.15, 0.2) is 58.5 Å². The van der Waals surface area contributed by atoms with Crippen molar-refractivity contribution < 1.29 is 26.0 Å². The van der Waals surface area contributed by atoms with Gasteiger partial charge in [-0.2, -0.15) is 18.3 Å². The van der Waals surface area contributed by atoms with Crippen molar-refractivity contribution in [2.24, 2.45) is 10.2 Å². The summed E-state index contributed by atoms with van der Waals surface area (Å²) in [7, 11) is -3.93. The topological polar surface area (TPSA) is 75.8 Å². The highest BCUT2D eigenvalue weighted by Crippen LogP contribution is 2.39. The van der Waals surface area contributed by atoms with Gasteiger partial charge in [0.25, 0.3) is 0 Å². The summed E-state index contributed by atoms with van der Waals surface area (Å²) in [5.74, 6) is -0.576. The van der Waals surface area contributed by atoms with E-state index in [1.54, 1.807) is 0 Å². The van der Waals surface area contributed by atoms with Gasteiger partial charge in [-0.1, -0.05) is 12.1 Å². The second-order valence-electron chi connectivity index (χ2n) is 5.70. The molecule has 0 radical (unpaired) electrons. The highest BCUT2D eigenvalue weighted by Gasteiger charge is 2.43. The molecule has 5 nitrogen and oxygen atoms in total. The summed E-state index contributed by atoms with van der Waals surface area (Å²) in [5, 5.41) is 9.75. The van der Waals surface area contributed by atoms with Crippen LogP contribution >= 0.6 is 0 Å². The molecule has 26 heavy (non-hydrogen) atoms. The standard InChI is InChI=1S/C16H13F4N3O2S/c17-11-3-1-2-10(8-11)14-9-15(16(18,19)20)22-23(14)12-4-6-13(7-5-12)26(21,24)25/h1-8,14H,9H2,(H2,21,24,25). The molecule has 0 bridgehead atoms. The zero-order valence-corrected chi connectivity index (χ0v) is 13.9. The van der Waals surface area contributed by atoms with Crippen LogP contribution in [0, 0.1) is 5.82 Å². The first kappa shape index (κ1) is 18.3. The lowest BCUT2D eigenvalue weighted by Gasteiger charge is -2.24. The average molecular weight is 387 g/mol. The molecule has 2 aromatic carbocycles. The monoisotopic (exact) mass is 387 g/mol. The highest BCUT2D eigenvalue weighted by atomic mass is 32.2. The van der Waals surface area contributed by atoms with Crippen molar-refractivity contribution in [3.63, 3.8) is 0 Å². The Kier molecular flexibility index (Phi) is 4.49. The maximum Gasteiger partial charge on any atom is 0.431 e. The largest absolute Gasteiger partial charge is 0.431 e. The quantitative estimate of drug-likeness (QED) is 0.821. The van der Waals surface area contributed by atoms with Crippen molar-refractivity contribution in [3.8, 4) is 0 Å². The van der Waals surface area contributed by atoms with Crippen molar-refractivity contribution in [1.82, 2.24) is 0 Å². The molecule has 0 aliphatic carbocycles. The van der Waals surface area contributed by atoms with Crippen LogP contribution < -0.4 is 10.1 Å². The second kappa shape index (κ2) is 6.36. The van der Waals surface area contributed by atoms with Gasteiger partial charge in [0.1, 0.15) is 11.5 Å². The summed E-state index contributed by atoms with van der Waals surface area (Å²) >= 11 is 0. The van der Waals surface area contributed by atoms with Crippen LogP contribution in [0.2, 0.25) is 0 Å². The van der Waals surface area contributed by atoms with E-state index in [0.717, 1.165) is 11.1 Å². The number of benzene rings is 2. The van der Waals surface area contributed by atoms with Crippen LogP contribution in [0.5, 0.6) is 0 Å². The molecule has 1 unspecified atom stereocenters. The minimum Gasteiger partial charge on any atom is -0.257 e. The smallest absolute Gasteiger partial charge is 0.257 e. The Morgan fingerprint density at radius 3 is 2.31 bits per heavy atom. The molecule has 1 aliphatic rings. The van der Waals surface area contributed by atoms with E-state index >= 15 is 0 Å². The fourth-order valence-electron chi connectivity index (χ4n) is 2.68. The lowest BCUT2D eigenvalue weighted by Crippen LogP contribution is -2.21. The number of halogens is 4. The SMILES string of the molecule is NS(=O)(=O)c1ccc(N2N=C(C(F)(F)F)CC2c2cccc(F)c2)cc1. The Morgan fingerprint density at radius 2 is 1.77 bits per heavy atom. The first-order valence-electron chi connectivity index (χ1n) is 7.38. The number of sulfonamides is 1. The van der Waals surface area contributed by atoms with E-state index < -0.39 is 40.2 Å². The molecule has 0 saturated heterocycles. The predicted molar refractivity (Wildman–Crippen MR) is 87.5 cm³/mol. The van der Waals surface area contributed by atoms with Crippen molar-refractivity contribution >= 4 is 21.4 Å². The molecule has 1 aliphatic heterocycles. The lowest BCUT2D eigenvalue weighted by molar-refractivity contribution is -0.0600. The second-order valence-corrected chi connectivity index (χ2v) is 7.26. The predicted octanol–water partition coefficient (Wildman–Crippen LogP) is 3.34. The van der Waals surface area contributed by atoms with E-state index in [1.807, 2.05) is 0 Å². The van der Waals surface area contributed by atoms with Gasteiger partial charge in [0.2, 0.25) is 10.0 Å². The van der Waals surface area contributed by atoms with Crippen molar-refractivity contribution in [2.75, 3.05) is 5.01 Å². The Morgan fingerprint density at radius 1 is 1.12 bits per heavy atom. The van der Waals surface area contributed by atoms with Gasteiger partial charge in [-0.15, -0.1) is 0 Å². The Hall–Kier alpha value is -2.46. The van der Waals surface area contributed by atoms with E-state index in [9.17, 15) is 26.0 Å². The van der Waals surface area contributed by atoms with Crippen LogP contribution in [0.3, 0.4) is 0 Å². The van der Waals surface area contributed by atoms with E-state index in [2.05, 4.69) is 5.10 Å². The average Bonchev–Trinajstić information content (AvgIpc) is 3.00. The molecule has 2 N–H and O–H groups in total. The number of hydrogen-bond acceptors (Lipinski definition) is 4. The zero-order chi connectivity index (χ0) is 19.1. The van der Waals surface area contributed by atoms with Gasteiger partial charge in [-0.3, -0.25) is 5.01 Å². The Balaban J connectivity index is 2.03. The van der Waals surface area contributed by atoms with Crippen LogP contribution in [0.1, 0.15) is 18.0 Å². The number of nitrogens with zero attached hydrogens (tertiary/aromatic N) is 2. The van der Waals surface area contributed by atoms with Crippen LogP contribution in [0.4, 0.5) is 23.2 Å². The van der Waals surface area contributed by atoms with Gasteiger partial charge in [-0.05, 0) is 42.0 Å². The fraction of sp³-hybridized carbons (Fsp3) is 0.188. The molecule has 2 aromatic rings. The summed E-state index contributed by atoms with van der Waals surface area (Å²) in [4.78, 5) is -0.178. The molecule has 0 fully saturated rings. The maximum atomic E-state index is 13.5. The summed E-state index contributed by atoms with van der Waals surface area (Å²) in [5.41, 5.74) is -0.447. The lowest BCUT2D eigenvalue weighted by atomic mass is 10.0. The van der Waals surface area contributed by atoms with Crippen LogP contribution in [-0.2, 0) is 10.0 Å². The van der Waals surface area contributed by atoms with Gasteiger partial charge >= 0.3 is 6.18 Å². The summed E-state index contributed by atoms with van der Waals surface area (Å²) in [6.07, 6.45) is -5.08. The molecule has 138 valence electrons. The third-order valence-corrected chi connectivity index (χ3v) is 4.83. The number of nitrogens with two attached hydrogens (primary N) is 1. The zero-order valence-electron chi connectivity index (χ0n) is 13.1. The third-order valence-electron chi connectivity index (χ3n) is 3.90. The minimum atomic E-state index is -4.62. The number of anilines is 1. The number of primary sulfonamides is 1. The number of hydrazone groups is 1. The van der Waals surface area contributed by atoms with Crippen molar-refractivity contribution in [1.29, 1.82) is 0 Å². The molecule has 0 aromatic heterocycles. The van der Waals surface area contributed by atoms with E-state index in [0.29, 0.717) is 5.56 Å². The number of alkyl halides is 3. The van der Waals surface area contributed by atoms with Gasteiger partial charge < -0.3 is 0 Å². The van der Waals surface area contributed by atoms with Crippen LogP contribution in [-0.4, -0.2) is 20.3 Å². The summed E-state index contributed by atoms with van der Waals surface area (Å²) < 4.78 is 75.5. The molecule has 1 heterocycles. The molecule has 10 heteroatoms. The van der Waals surface area contributed by atoms with Gasteiger partial charge in [-0.25, -0.2) is 17.9 Å². The molecule has 0 saturated carbocycles. The van der Waals surface area contributed by atoms with Gasteiger partial charge in [0, 0.05) is 6.42 Å². The number of rotatable bonds is 3. The van der Waals surface area contributed by atoms with Crippen molar-refractivity contribution in [2.45, 2.75) is 23.5 Å². The molecular weight excluding hydrogens is 374 g/mol. The van der Waals surface area contributed by atoms with E-state index in [-0.39, 0.29) is 10.6 Å². The molecule has 3 rings (SSSR count). The van der Waals surface area contributed by atoms with Gasteiger partial charge in [0.05, 0.1) is 16.6 Å². The first-order valence-corrected chi connectivity index (χ1v) is 8.92. The first-order chi connectivity index (χ1) is 12.1. The maximum absolute atomic E-state index is 13.5.